The van der Waals surface area contributed by atoms with Crippen LogP contribution in [0.3, 0.4) is 0 Å². The molecule has 16 heavy (non-hydrogen) atoms. The van der Waals surface area contributed by atoms with Crippen LogP contribution in [0.4, 0.5) is 0 Å². The van der Waals surface area contributed by atoms with E-state index in [1.165, 1.54) is 0 Å². The molecule has 0 saturated heterocycles. The zero-order chi connectivity index (χ0) is 11.8. The third-order valence-corrected chi connectivity index (χ3v) is 2.67. The largest absolute Gasteiger partial charge is 0.378 e. The van der Waals surface area contributed by atoms with Crippen molar-refractivity contribution >= 4 is 5.91 Å². The lowest BCUT2D eigenvalue weighted by Crippen LogP contribution is -2.36. The Hall–Kier alpha value is -1.26. The Morgan fingerprint density at radius 1 is 1.62 bits per heavy atom. The van der Waals surface area contributed by atoms with Gasteiger partial charge in [0, 0.05) is 31.0 Å². The Kier molecular flexibility index (Phi) is 5.67. The number of carbonyl (C=O) groups is 1. The number of hydrogen-bond acceptors (Lipinski definition) is 3. The molecule has 6 nitrogen and oxygen atoms in total. The molecule has 6 heteroatoms. The van der Waals surface area contributed by atoms with Gasteiger partial charge in [0.25, 0.3) is 0 Å². The van der Waals surface area contributed by atoms with Gasteiger partial charge in [-0.1, -0.05) is 5.11 Å². The third kappa shape index (κ3) is 4.51. The van der Waals surface area contributed by atoms with E-state index in [4.69, 9.17) is 10.3 Å². The van der Waals surface area contributed by atoms with Gasteiger partial charge in [0.1, 0.15) is 0 Å². The summed E-state index contributed by atoms with van der Waals surface area (Å²) in [5.41, 5.74) is 8.04. The van der Waals surface area contributed by atoms with Gasteiger partial charge in [0.2, 0.25) is 5.91 Å². The van der Waals surface area contributed by atoms with Crippen LogP contribution < -0.4 is 5.32 Å². The Morgan fingerprint density at radius 2 is 2.38 bits per heavy atom. The van der Waals surface area contributed by atoms with E-state index in [-0.39, 0.29) is 5.91 Å². The SMILES string of the molecule is CCOC1CC(CC(=O)NCCN=[N+]=[N-])C1. The summed E-state index contributed by atoms with van der Waals surface area (Å²) in [6.45, 7) is 3.46. The van der Waals surface area contributed by atoms with E-state index in [0.717, 1.165) is 19.4 Å². The summed E-state index contributed by atoms with van der Waals surface area (Å²) in [4.78, 5) is 14.0. The summed E-state index contributed by atoms with van der Waals surface area (Å²) in [6, 6.07) is 0. The molecule has 1 N–H and O–H groups in total. The molecule has 0 radical (unpaired) electrons. The van der Waals surface area contributed by atoms with E-state index < -0.39 is 0 Å². The van der Waals surface area contributed by atoms with Crippen LogP contribution in [-0.4, -0.2) is 31.7 Å². The lowest BCUT2D eigenvalue weighted by molar-refractivity contribution is -0.124. The fourth-order valence-electron chi connectivity index (χ4n) is 1.84. The summed E-state index contributed by atoms with van der Waals surface area (Å²) in [7, 11) is 0. The quantitative estimate of drug-likeness (QED) is 0.309. The molecule has 0 heterocycles. The molecule has 0 aromatic rings. The number of hydrogen-bond donors (Lipinski definition) is 1. The van der Waals surface area contributed by atoms with Crippen molar-refractivity contribution in [1.29, 1.82) is 0 Å². The fraction of sp³-hybridized carbons (Fsp3) is 0.900. The minimum absolute atomic E-state index is 0.0353. The molecule has 0 spiro atoms. The number of nitrogens with zero attached hydrogens (tertiary/aromatic N) is 3. The van der Waals surface area contributed by atoms with Gasteiger partial charge >= 0.3 is 0 Å². The van der Waals surface area contributed by atoms with Crippen molar-refractivity contribution in [3.05, 3.63) is 10.4 Å². The second-order valence-corrected chi connectivity index (χ2v) is 3.92. The monoisotopic (exact) mass is 226 g/mol. The van der Waals surface area contributed by atoms with Crippen molar-refractivity contribution in [2.75, 3.05) is 19.7 Å². The van der Waals surface area contributed by atoms with Gasteiger partial charge in [-0.05, 0) is 31.2 Å². The molecule has 1 saturated carbocycles. The van der Waals surface area contributed by atoms with Gasteiger partial charge in [0.15, 0.2) is 0 Å². The zero-order valence-electron chi connectivity index (χ0n) is 9.56. The molecular weight excluding hydrogens is 208 g/mol. The lowest BCUT2D eigenvalue weighted by Gasteiger charge is -2.34. The van der Waals surface area contributed by atoms with Crippen LogP contribution in [0.25, 0.3) is 10.4 Å². The van der Waals surface area contributed by atoms with Crippen LogP contribution in [-0.2, 0) is 9.53 Å². The van der Waals surface area contributed by atoms with Gasteiger partial charge in [-0.25, -0.2) is 0 Å². The summed E-state index contributed by atoms with van der Waals surface area (Å²) < 4.78 is 5.42. The highest BCUT2D eigenvalue weighted by Crippen LogP contribution is 2.32. The van der Waals surface area contributed by atoms with E-state index in [2.05, 4.69) is 15.3 Å². The Morgan fingerprint density at radius 3 is 3.00 bits per heavy atom. The minimum atomic E-state index is 0.0353. The van der Waals surface area contributed by atoms with Crippen molar-refractivity contribution in [1.82, 2.24) is 5.32 Å². The first kappa shape index (κ1) is 12.8. The van der Waals surface area contributed by atoms with E-state index >= 15 is 0 Å². The number of nitrogens with one attached hydrogen (secondary N) is 1. The molecule has 0 aromatic carbocycles. The molecule has 1 rings (SSSR count). The zero-order valence-corrected chi connectivity index (χ0v) is 9.56. The first-order valence-electron chi connectivity index (χ1n) is 5.65. The normalized spacial score (nSPS) is 23.1. The number of ether oxygens (including phenoxy) is 1. The summed E-state index contributed by atoms with van der Waals surface area (Å²) in [5.74, 6) is 0.490. The van der Waals surface area contributed by atoms with Gasteiger partial charge in [-0.15, -0.1) is 0 Å². The van der Waals surface area contributed by atoms with Crippen LogP contribution in [0, 0.1) is 5.92 Å². The molecule has 0 unspecified atom stereocenters. The van der Waals surface area contributed by atoms with E-state index in [0.29, 0.717) is 31.5 Å². The minimum Gasteiger partial charge on any atom is -0.378 e. The predicted octanol–water partition coefficient (Wildman–Crippen LogP) is 1.62. The van der Waals surface area contributed by atoms with Crippen molar-refractivity contribution < 1.29 is 9.53 Å². The Bertz CT molecular complexity index is 270. The molecule has 90 valence electrons. The van der Waals surface area contributed by atoms with E-state index in [9.17, 15) is 4.79 Å². The molecule has 0 aliphatic heterocycles. The van der Waals surface area contributed by atoms with Crippen LogP contribution >= 0.6 is 0 Å². The molecule has 0 aromatic heterocycles. The van der Waals surface area contributed by atoms with Gasteiger partial charge < -0.3 is 10.1 Å². The average Bonchev–Trinajstić information content (AvgIpc) is 2.21. The first-order valence-corrected chi connectivity index (χ1v) is 5.65. The highest BCUT2D eigenvalue weighted by Gasteiger charge is 2.30. The van der Waals surface area contributed by atoms with Gasteiger partial charge in [-0.3, -0.25) is 4.79 Å². The van der Waals surface area contributed by atoms with Crippen LogP contribution in [0.5, 0.6) is 0 Å². The van der Waals surface area contributed by atoms with Gasteiger partial charge in [0.05, 0.1) is 6.10 Å². The van der Waals surface area contributed by atoms with E-state index in [1.54, 1.807) is 0 Å². The first-order chi connectivity index (χ1) is 7.76. The van der Waals surface area contributed by atoms with Crippen molar-refractivity contribution in [3.8, 4) is 0 Å². The number of amides is 1. The maximum absolute atomic E-state index is 11.4. The Labute approximate surface area is 95.0 Å². The summed E-state index contributed by atoms with van der Waals surface area (Å²) in [5, 5.41) is 6.06. The maximum Gasteiger partial charge on any atom is 0.220 e. The van der Waals surface area contributed by atoms with Crippen molar-refractivity contribution in [2.45, 2.75) is 32.3 Å². The highest BCUT2D eigenvalue weighted by atomic mass is 16.5. The standard InChI is InChI=1S/C10H18N4O2/c1-2-16-9-5-8(6-9)7-10(15)12-3-4-13-14-11/h8-9H,2-7H2,1H3,(H,12,15). The Balaban J connectivity index is 2.01. The molecule has 1 aliphatic rings. The van der Waals surface area contributed by atoms with Crippen molar-refractivity contribution in [3.63, 3.8) is 0 Å². The summed E-state index contributed by atoms with van der Waals surface area (Å²) in [6.07, 6.45) is 2.88. The van der Waals surface area contributed by atoms with Crippen LogP contribution in [0.1, 0.15) is 26.2 Å². The average molecular weight is 226 g/mol. The lowest BCUT2D eigenvalue weighted by atomic mass is 9.80. The van der Waals surface area contributed by atoms with Crippen LogP contribution in [0.2, 0.25) is 0 Å². The van der Waals surface area contributed by atoms with Crippen molar-refractivity contribution in [2.24, 2.45) is 11.0 Å². The molecule has 0 bridgehead atoms. The highest BCUT2D eigenvalue weighted by molar-refractivity contribution is 5.76. The third-order valence-electron chi connectivity index (χ3n) is 2.67. The fourth-order valence-corrected chi connectivity index (χ4v) is 1.84. The smallest absolute Gasteiger partial charge is 0.220 e. The predicted molar refractivity (Wildman–Crippen MR) is 59.8 cm³/mol. The topological polar surface area (TPSA) is 87.1 Å². The van der Waals surface area contributed by atoms with Gasteiger partial charge in [-0.2, -0.15) is 0 Å². The van der Waals surface area contributed by atoms with E-state index in [1.807, 2.05) is 6.92 Å². The molecular formula is C10H18N4O2. The number of carbonyl (C=O) groups excluding carboxylic acids is 1. The number of azide groups is 1. The summed E-state index contributed by atoms with van der Waals surface area (Å²) >= 11 is 0. The second kappa shape index (κ2) is 7.09. The molecule has 0 atom stereocenters. The van der Waals surface area contributed by atoms with Crippen LogP contribution in [0.15, 0.2) is 5.11 Å². The number of rotatable bonds is 7. The molecule has 1 aliphatic carbocycles. The molecule has 1 amide bonds. The molecule has 1 fully saturated rings. The maximum atomic E-state index is 11.4. The second-order valence-electron chi connectivity index (χ2n) is 3.92.